The van der Waals surface area contributed by atoms with E-state index in [1.54, 1.807) is 11.4 Å². The van der Waals surface area contributed by atoms with E-state index in [0.717, 1.165) is 11.3 Å². The van der Waals surface area contributed by atoms with Crippen LogP contribution in [0.25, 0.3) is 10.9 Å². The van der Waals surface area contributed by atoms with Crippen molar-refractivity contribution in [2.45, 2.75) is 20.3 Å². The normalized spacial score (nSPS) is 10.4. The number of nitrogens with zero attached hydrogens (tertiary/aromatic N) is 2. The molecule has 0 unspecified atom stereocenters. The number of hydrogen-bond acceptors (Lipinski definition) is 6. The van der Waals surface area contributed by atoms with E-state index < -0.39 is 18.5 Å². The Balaban J connectivity index is 1.79. The molecule has 0 radical (unpaired) electrons. The topological polar surface area (TPSA) is 92.1 Å². The minimum atomic E-state index is -0.567. The van der Waals surface area contributed by atoms with E-state index in [-0.39, 0.29) is 0 Å². The van der Waals surface area contributed by atoms with Crippen LogP contribution in [0.5, 0.6) is 0 Å². The van der Waals surface area contributed by atoms with E-state index in [0.29, 0.717) is 33.5 Å². The van der Waals surface area contributed by atoms with E-state index in [1.807, 2.05) is 44.2 Å². The maximum atomic E-state index is 12.7. The fourth-order valence-electron chi connectivity index (χ4n) is 2.83. The van der Waals surface area contributed by atoms with Gasteiger partial charge in [-0.3, -0.25) is 9.78 Å². The Hall–Kier alpha value is -3.24. The summed E-state index contributed by atoms with van der Waals surface area (Å²) in [6.07, 6.45) is 0.687. The number of nitrogens with one attached hydrogen (secondary N) is 1. The summed E-state index contributed by atoms with van der Waals surface area (Å²) in [5, 5.41) is 14.4. The highest BCUT2D eigenvalue weighted by Gasteiger charge is 2.20. The zero-order chi connectivity index (χ0) is 19.4. The number of benzene rings is 1. The lowest BCUT2D eigenvalue weighted by Crippen LogP contribution is -2.21. The van der Waals surface area contributed by atoms with Gasteiger partial charge in [-0.1, -0.05) is 25.1 Å². The van der Waals surface area contributed by atoms with Crippen LogP contribution in [0.15, 0.2) is 35.7 Å². The number of carbonyl (C=O) groups excluding carboxylic acids is 2. The number of nitriles is 1. The predicted molar refractivity (Wildman–Crippen MR) is 104 cm³/mol. The van der Waals surface area contributed by atoms with Gasteiger partial charge >= 0.3 is 5.97 Å². The molecule has 0 saturated carbocycles. The number of hydrogen-bond donors (Lipinski definition) is 1. The van der Waals surface area contributed by atoms with E-state index in [1.165, 1.54) is 11.3 Å². The molecule has 2 aromatic heterocycles. The van der Waals surface area contributed by atoms with Gasteiger partial charge in [-0.05, 0) is 36.4 Å². The number of rotatable bonds is 5. The third kappa shape index (κ3) is 3.81. The number of pyridine rings is 1. The Morgan fingerprint density at radius 1 is 1.30 bits per heavy atom. The molecular formula is C20H17N3O3S. The number of esters is 1. The molecule has 0 atom stereocenters. The van der Waals surface area contributed by atoms with E-state index in [9.17, 15) is 9.59 Å². The second-order valence-corrected chi connectivity index (χ2v) is 6.74. The second kappa shape index (κ2) is 7.98. The van der Waals surface area contributed by atoms with Crippen molar-refractivity contribution >= 4 is 39.1 Å². The molecule has 3 rings (SSSR count). The van der Waals surface area contributed by atoms with Crippen LogP contribution in [0.4, 0.5) is 5.00 Å². The SMILES string of the molecule is CCc1nc2ccccc2c(C(=O)OCC(=O)Nc2sccc2C#N)c1C. The fourth-order valence-corrected chi connectivity index (χ4v) is 3.58. The van der Waals surface area contributed by atoms with E-state index in [4.69, 9.17) is 10.00 Å². The van der Waals surface area contributed by atoms with Crippen LogP contribution in [-0.2, 0) is 16.0 Å². The second-order valence-electron chi connectivity index (χ2n) is 5.83. The van der Waals surface area contributed by atoms with E-state index >= 15 is 0 Å². The van der Waals surface area contributed by atoms with Gasteiger partial charge in [0.25, 0.3) is 5.91 Å². The first-order valence-electron chi connectivity index (χ1n) is 8.38. The molecular weight excluding hydrogens is 362 g/mol. The van der Waals surface area contributed by atoms with Crippen LogP contribution >= 0.6 is 11.3 Å². The van der Waals surface area contributed by atoms with Crippen LogP contribution < -0.4 is 5.32 Å². The first kappa shape index (κ1) is 18.5. The third-order valence-electron chi connectivity index (χ3n) is 4.15. The van der Waals surface area contributed by atoms with Crippen LogP contribution in [0.1, 0.15) is 34.1 Å². The van der Waals surface area contributed by atoms with Gasteiger partial charge < -0.3 is 10.1 Å². The fraction of sp³-hybridized carbons (Fsp3) is 0.200. The van der Waals surface area contributed by atoms with Crippen LogP contribution in [0.3, 0.4) is 0 Å². The molecule has 136 valence electrons. The first-order valence-corrected chi connectivity index (χ1v) is 9.25. The molecule has 3 aromatic rings. The quantitative estimate of drug-likeness (QED) is 0.680. The van der Waals surface area contributed by atoms with Crippen LogP contribution in [0.2, 0.25) is 0 Å². The molecule has 7 heteroatoms. The number of para-hydroxylation sites is 1. The summed E-state index contributed by atoms with van der Waals surface area (Å²) in [4.78, 5) is 29.4. The van der Waals surface area contributed by atoms with Gasteiger partial charge in [-0.2, -0.15) is 5.26 Å². The van der Waals surface area contributed by atoms with E-state index in [2.05, 4.69) is 10.3 Å². The summed E-state index contributed by atoms with van der Waals surface area (Å²) < 4.78 is 5.24. The summed E-state index contributed by atoms with van der Waals surface area (Å²) in [5.74, 6) is -1.06. The number of aromatic nitrogens is 1. The van der Waals surface area contributed by atoms with Gasteiger partial charge in [-0.15, -0.1) is 11.3 Å². The summed E-state index contributed by atoms with van der Waals surface area (Å²) >= 11 is 1.24. The zero-order valence-corrected chi connectivity index (χ0v) is 15.7. The molecule has 1 aromatic carbocycles. The number of thiophene rings is 1. The van der Waals surface area contributed by atoms with Gasteiger partial charge in [0.15, 0.2) is 6.61 Å². The number of fused-ring (bicyclic) bond motifs is 1. The average molecular weight is 379 g/mol. The maximum absolute atomic E-state index is 12.7. The summed E-state index contributed by atoms with van der Waals surface area (Å²) in [6.45, 7) is 3.37. The molecule has 6 nitrogen and oxygen atoms in total. The first-order chi connectivity index (χ1) is 13.0. The summed E-state index contributed by atoms with van der Waals surface area (Å²) in [7, 11) is 0. The van der Waals surface area contributed by atoms with Crippen LogP contribution in [0, 0.1) is 18.3 Å². The molecule has 0 aliphatic rings. The molecule has 0 spiro atoms. The minimum Gasteiger partial charge on any atom is -0.452 e. The molecule has 0 bridgehead atoms. The lowest BCUT2D eigenvalue weighted by molar-refractivity contribution is -0.119. The maximum Gasteiger partial charge on any atom is 0.339 e. The van der Waals surface area contributed by atoms with Gasteiger partial charge in [0.05, 0.1) is 16.6 Å². The number of carbonyl (C=O) groups is 2. The van der Waals surface area contributed by atoms with Crippen molar-refractivity contribution in [1.82, 2.24) is 4.98 Å². The average Bonchev–Trinajstić information content (AvgIpc) is 3.12. The highest BCUT2D eigenvalue weighted by molar-refractivity contribution is 7.14. The Kier molecular flexibility index (Phi) is 5.48. The molecule has 0 saturated heterocycles. The number of anilines is 1. The third-order valence-corrected chi connectivity index (χ3v) is 4.98. The molecule has 27 heavy (non-hydrogen) atoms. The largest absolute Gasteiger partial charge is 0.452 e. The van der Waals surface area contributed by atoms with Crippen molar-refractivity contribution in [1.29, 1.82) is 5.26 Å². The van der Waals surface area contributed by atoms with Crippen molar-refractivity contribution in [3.05, 3.63) is 58.1 Å². The monoisotopic (exact) mass is 379 g/mol. The molecule has 2 heterocycles. The Morgan fingerprint density at radius 2 is 2.07 bits per heavy atom. The Bertz CT molecular complexity index is 1070. The molecule has 0 aliphatic carbocycles. The zero-order valence-electron chi connectivity index (χ0n) is 14.9. The van der Waals surface area contributed by atoms with Crippen molar-refractivity contribution < 1.29 is 14.3 Å². The highest BCUT2D eigenvalue weighted by atomic mass is 32.1. The molecule has 0 aliphatic heterocycles. The number of aryl methyl sites for hydroxylation is 1. The highest BCUT2D eigenvalue weighted by Crippen LogP contribution is 2.25. The Labute approximate surface area is 160 Å². The molecule has 1 N–H and O–H groups in total. The van der Waals surface area contributed by atoms with Crippen molar-refractivity contribution in [2.75, 3.05) is 11.9 Å². The molecule has 0 fully saturated rings. The number of ether oxygens (including phenoxy) is 1. The van der Waals surface area contributed by atoms with Crippen LogP contribution in [-0.4, -0.2) is 23.5 Å². The lowest BCUT2D eigenvalue weighted by Gasteiger charge is -2.13. The van der Waals surface area contributed by atoms with Gasteiger partial charge in [0, 0.05) is 11.1 Å². The van der Waals surface area contributed by atoms with Crippen molar-refractivity contribution in [3.63, 3.8) is 0 Å². The van der Waals surface area contributed by atoms with Gasteiger partial charge in [0.2, 0.25) is 0 Å². The predicted octanol–water partition coefficient (Wildman–Crippen LogP) is 3.83. The standard InChI is InChI=1S/C20H17N3O3S/c1-3-15-12(2)18(14-6-4-5-7-16(14)22-15)20(25)26-11-17(24)23-19-13(10-21)8-9-27-19/h4-9H,3,11H2,1-2H3,(H,23,24). The molecule has 1 amide bonds. The lowest BCUT2D eigenvalue weighted by atomic mass is 10.0. The van der Waals surface area contributed by atoms with Gasteiger partial charge in [0.1, 0.15) is 11.1 Å². The van der Waals surface area contributed by atoms with Crippen molar-refractivity contribution in [3.8, 4) is 6.07 Å². The number of amides is 1. The smallest absolute Gasteiger partial charge is 0.339 e. The summed E-state index contributed by atoms with van der Waals surface area (Å²) in [5.41, 5.74) is 3.10. The minimum absolute atomic E-state index is 0.378. The Morgan fingerprint density at radius 3 is 2.81 bits per heavy atom. The van der Waals surface area contributed by atoms with Crippen molar-refractivity contribution in [2.24, 2.45) is 0 Å². The van der Waals surface area contributed by atoms with Gasteiger partial charge in [-0.25, -0.2) is 4.79 Å². The summed E-state index contributed by atoms with van der Waals surface area (Å²) in [6, 6.07) is 11.0.